The molecule has 100 valence electrons. The zero-order valence-corrected chi connectivity index (χ0v) is 12.2. The third kappa shape index (κ3) is 3.52. The second-order valence-electron chi connectivity index (χ2n) is 4.54. The first-order valence-corrected chi connectivity index (χ1v) is 7.05. The van der Waals surface area contributed by atoms with Gasteiger partial charge in [0.25, 0.3) is 0 Å². The highest BCUT2D eigenvalue weighted by atomic mass is 79.9. The summed E-state index contributed by atoms with van der Waals surface area (Å²) < 4.78 is 6.45. The third-order valence-electron chi connectivity index (χ3n) is 3.12. The van der Waals surface area contributed by atoms with Crippen molar-refractivity contribution >= 4 is 15.9 Å². The molecule has 1 heterocycles. The van der Waals surface area contributed by atoms with E-state index in [1.54, 1.807) is 0 Å². The molecule has 4 nitrogen and oxygen atoms in total. The maximum absolute atomic E-state index is 5.89. The summed E-state index contributed by atoms with van der Waals surface area (Å²) in [6.07, 6.45) is 0. The molecule has 1 aliphatic heterocycles. The number of rotatable bonds is 4. The SMILES string of the molecule is Cc1ccc(C(CN)NN2CCOCC2)c(Br)c1. The predicted octanol–water partition coefficient (Wildman–Crippen LogP) is 1.59. The number of hydrogen-bond acceptors (Lipinski definition) is 4. The molecule has 1 atom stereocenters. The minimum absolute atomic E-state index is 0.137. The molecule has 0 spiro atoms. The molecule has 1 aliphatic rings. The largest absolute Gasteiger partial charge is 0.379 e. The van der Waals surface area contributed by atoms with E-state index in [0.717, 1.165) is 30.8 Å². The van der Waals surface area contributed by atoms with Gasteiger partial charge in [-0.3, -0.25) is 0 Å². The standard InChI is InChI=1S/C13H20BrN3O/c1-10-2-3-11(12(14)8-10)13(9-15)16-17-4-6-18-7-5-17/h2-3,8,13,16H,4-7,9,15H2,1H3. The normalized spacial score (nSPS) is 18.8. The van der Waals surface area contributed by atoms with Crippen molar-refractivity contribution in [2.24, 2.45) is 5.73 Å². The van der Waals surface area contributed by atoms with Crippen LogP contribution in [0, 0.1) is 6.92 Å². The Morgan fingerprint density at radius 2 is 2.17 bits per heavy atom. The van der Waals surface area contributed by atoms with Crippen molar-refractivity contribution in [1.82, 2.24) is 10.4 Å². The van der Waals surface area contributed by atoms with E-state index in [0.29, 0.717) is 6.54 Å². The highest BCUT2D eigenvalue weighted by molar-refractivity contribution is 9.10. The van der Waals surface area contributed by atoms with Gasteiger partial charge >= 0.3 is 0 Å². The lowest BCUT2D eigenvalue weighted by Gasteiger charge is -2.31. The van der Waals surface area contributed by atoms with E-state index >= 15 is 0 Å². The molecule has 18 heavy (non-hydrogen) atoms. The number of ether oxygens (including phenoxy) is 1. The number of hydrazine groups is 1. The molecular formula is C13H20BrN3O. The summed E-state index contributed by atoms with van der Waals surface area (Å²) in [5.41, 5.74) is 11.8. The Hall–Kier alpha value is -0.460. The lowest BCUT2D eigenvalue weighted by Crippen LogP contribution is -2.48. The molecular weight excluding hydrogens is 294 g/mol. The summed E-state index contributed by atoms with van der Waals surface area (Å²) in [7, 11) is 0. The Morgan fingerprint density at radius 1 is 1.44 bits per heavy atom. The van der Waals surface area contributed by atoms with E-state index in [2.05, 4.69) is 51.5 Å². The van der Waals surface area contributed by atoms with Crippen LogP contribution in [0.2, 0.25) is 0 Å². The van der Waals surface area contributed by atoms with Crippen molar-refractivity contribution in [3.8, 4) is 0 Å². The van der Waals surface area contributed by atoms with Crippen molar-refractivity contribution in [3.63, 3.8) is 0 Å². The molecule has 0 radical (unpaired) electrons. The molecule has 0 bridgehead atoms. The Bertz CT molecular complexity index is 394. The fraction of sp³-hybridized carbons (Fsp3) is 0.538. The fourth-order valence-electron chi connectivity index (χ4n) is 2.08. The van der Waals surface area contributed by atoms with E-state index in [4.69, 9.17) is 10.5 Å². The first kappa shape index (κ1) is 14.0. The molecule has 3 N–H and O–H groups in total. The van der Waals surface area contributed by atoms with Crippen LogP contribution in [-0.2, 0) is 4.74 Å². The third-order valence-corrected chi connectivity index (χ3v) is 3.80. The van der Waals surface area contributed by atoms with Crippen LogP contribution in [0.3, 0.4) is 0 Å². The average molecular weight is 314 g/mol. The second kappa shape index (κ2) is 6.63. The Balaban J connectivity index is 2.07. The number of nitrogens with zero attached hydrogens (tertiary/aromatic N) is 1. The van der Waals surface area contributed by atoms with E-state index < -0.39 is 0 Å². The van der Waals surface area contributed by atoms with E-state index in [-0.39, 0.29) is 6.04 Å². The summed E-state index contributed by atoms with van der Waals surface area (Å²) >= 11 is 3.61. The lowest BCUT2D eigenvalue weighted by atomic mass is 10.1. The predicted molar refractivity (Wildman–Crippen MR) is 76.2 cm³/mol. The van der Waals surface area contributed by atoms with Gasteiger partial charge in [0.15, 0.2) is 0 Å². The summed E-state index contributed by atoms with van der Waals surface area (Å²) in [6, 6.07) is 6.51. The lowest BCUT2D eigenvalue weighted by molar-refractivity contribution is 0.00399. The first-order chi connectivity index (χ1) is 8.70. The number of halogens is 1. The molecule has 0 aliphatic carbocycles. The van der Waals surface area contributed by atoms with Gasteiger partial charge in [-0.2, -0.15) is 0 Å². The second-order valence-corrected chi connectivity index (χ2v) is 5.40. The highest BCUT2D eigenvalue weighted by Gasteiger charge is 2.18. The molecule has 0 aromatic heterocycles. The van der Waals surface area contributed by atoms with Gasteiger partial charge in [0, 0.05) is 24.1 Å². The van der Waals surface area contributed by atoms with Crippen molar-refractivity contribution in [1.29, 1.82) is 0 Å². The zero-order chi connectivity index (χ0) is 13.0. The summed E-state index contributed by atoms with van der Waals surface area (Å²) in [5, 5.41) is 2.19. The number of morpholine rings is 1. The van der Waals surface area contributed by atoms with Gasteiger partial charge in [0.05, 0.1) is 19.3 Å². The quantitative estimate of drug-likeness (QED) is 0.886. The maximum Gasteiger partial charge on any atom is 0.0608 e. The molecule has 5 heteroatoms. The van der Waals surface area contributed by atoms with Gasteiger partial charge in [-0.25, -0.2) is 10.4 Å². The molecule has 1 aromatic carbocycles. The number of nitrogens with two attached hydrogens (primary N) is 1. The summed E-state index contributed by atoms with van der Waals surface area (Å²) in [4.78, 5) is 0. The van der Waals surface area contributed by atoms with Crippen molar-refractivity contribution in [2.75, 3.05) is 32.8 Å². The zero-order valence-electron chi connectivity index (χ0n) is 10.7. The minimum atomic E-state index is 0.137. The molecule has 1 unspecified atom stereocenters. The van der Waals surface area contributed by atoms with Crippen LogP contribution in [0.4, 0.5) is 0 Å². The van der Waals surface area contributed by atoms with Gasteiger partial charge in [-0.1, -0.05) is 28.1 Å². The van der Waals surface area contributed by atoms with Crippen LogP contribution in [0.5, 0.6) is 0 Å². The highest BCUT2D eigenvalue weighted by Crippen LogP contribution is 2.24. The number of hydrogen-bond donors (Lipinski definition) is 2. The van der Waals surface area contributed by atoms with Crippen molar-refractivity contribution in [3.05, 3.63) is 33.8 Å². The topological polar surface area (TPSA) is 50.5 Å². The number of aryl methyl sites for hydroxylation is 1. The first-order valence-electron chi connectivity index (χ1n) is 6.25. The smallest absolute Gasteiger partial charge is 0.0608 e. The van der Waals surface area contributed by atoms with Crippen LogP contribution >= 0.6 is 15.9 Å². The van der Waals surface area contributed by atoms with Gasteiger partial charge in [0.1, 0.15) is 0 Å². The van der Waals surface area contributed by atoms with Gasteiger partial charge in [-0.05, 0) is 24.1 Å². The molecule has 1 saturated heterocycles. The molecule has 0 saturated carbocycles. The Morgan fingerprint density at radius 3 is 2.78 bits per heavy atom. The molecule has 1 fully saturated rings. The summed E-state index contributed by atoms with van der Waals surface area (Å²) in [6.45, 7) is 6.01. The fourth-order valence-corrected chi connectivity index (χ4v) is 2.85. The van der Waals surface area contributed by atoms with E-state index in [9.17, 15) is 0 Å². The van der Waals surface area contributed by atoms with Crippen LogP contribution < -0.4 is 11.2 Å². The molecule has 0 amide bonds. The monoisotopic (exact) mass is 313 g/mol. The van der Waals surface area contributed by atoms with Gasteiger partial charge < -0.3 is 10.5 Å². The van der Waals surface area contributed by atoms with Crippen LogP contribution in [0.25, 0.3) is 0 Å². The van der Waals surface area contributed by atoms with Crippen LogP contribution in [-0.4, -0.2) is 37.9 Å². The van der Waals surface area contributed by atoms with E-state index in [1.807, 2.05) is 0 Å². The van der Waals surface area contributed by atoms with Crippen LogP contribution in [0.15, 0.2) is 22.7 Å². The van der Waals surface area contributed by atoms with Gasteiger partial charge in [0.2, 0.25) is 0 Å². The number of nitrogens with one attached hydrogen (secondary N) is 1. The van der Waals surface area contributed by atoms with Crippen molar-refractivity contribution in [2.45, 2.75) is 13.0 Å². The Kier molecular flexibility index (Phi) is 5.14. The van der Waals surface area contributed by atoms with Crippen molar-refractivity contribution < 1.29 is 4.74 Å². The molecule has 2 rings (SSSR count). The maximum atomic E-state index is 5.89. The average Bonchev–Trinajstić information content (AvgIpc) is 2.38. The van der Waals surface area contributed by atoms with Gasteiger partial charge in [-0.15, -0.1) is 0 Å². The summed E-state index contributed by atoms with van der Waals surface area (Å²) in [5.74, 6) is 0. The number of benzene rings is 1. The van der Waals surface area contributed by atoms with Crippen LogP contribution in [0.1, 0.15) is 17.2 Å². The van der Waals surface area contributed by atoms with E-state index in [1.165, 1.54) is 11.1 Å². The Labute approximate surface area is 117 Å². The minimum Gasteiger partial charge on any atom is -0.379 e. The molecule has 1 aromatic rings.